The van der Waals surface area contributed by atoms with Crippen LogP contribution >= 0.6 is 0 Å². The number of likely N-dealkylation sites (N-methyl/N-ethyl adjacent to an activating group) is 1. The van der Waals surface area contributed by atoms with Crippen molar-refractivity contribution in [1.29, 1.82) is 0 Å². The molecule has 2 nitrogen and oxygen atoms in total. The Kier molecular flexibility index (Phi) is 9.93. The maximum Gasteiger partial charge on any atom is 0.0754 e. The molecule has 0 amide bonds. The van der Waals surface area contributed by atoms with Gasteiger partial charge in [-0.3, -0.25) is 0 Å². The quantitative estimate of drug-likeness (QED) is 0.137. The number of rotatable bonds is 5. The summed E-state index contributed by atoms with van der Waals surface area (Å²) in [6.45, 7) is 4.21. The van der Waals surface area contributed by atoms with Gasteiger partial charge in [0.25, 0.3) is 0 Å². The summed E-state index contributed by atoms with van der Waals surface area (Å²) >= 11 is 0. The maximum atomic E-state index is 4.00. The van der Waals surface area contributed by atoms with Gasteiger partial charge in [0.05, 0.1) is 16.8 Å². The van der Waals surface area contributed by atoms with Crippen LogP contribution in [0.2, 0.25) is 0 Å². The molecule has 1 aliphatic carbocycles. The molecule has 0 N–H and O–H groups in total. The van der Waals surface area contributed by atoms with Gasteiger partial charge >= 0.3 is 0 Å². The summed E-state index contributed by atoms with van der Waals surface area (Å²) in [5.41, 5.74) is 12.7. The van der Waals surface area contributed by atoms with Crippen molar-refractivity contribution >= 4 is 22.7 Å². The first-order chi connectivity index (χ1) is 24.2. The summed E-state index contributed by atoms with van der Waals surface area (Å²) in [6.07, 6.45) is 16.4. The lowest BCUT2D eigenvalue weighted by Gasteiger charge is -2.45. The highest BCUT2D eigenvalue weighted by molar-refractivity contribution is 5.95. The number of para-hydroxylation sites is 4. The molecule has 0 fully saturated rings. The van der Waals surface area contributed by atoms with Gasteiger partial charge in [-0.1, -0.05) is 146 Å². The van der Waals surface area contributed by atoms with Crippen LogP contribution in [0.4, 0.5) is 22.7 Å². The summed E-state index contributed by atoms with van der Waals surface area (Å²) < 4.78 is 0. The number of anilines is 4. The van der Waals surface area contributed by atoms with E-state index in [-0.39, 0.29) is 5.41 Å². The zero-order chi connectivity index (χ0) is 34.2. The standard InChI is InChI=1S/C31H21N.C14H19N.C2H2/c1-2-12-22(13-3-1)32-29-20-10-8-18-27(29)31(28-19-9-11-21-30(28)32)25-16-6-4-14-23(25)24-15-5-7-17-26(24)31;1-4-5-7-10-13(2)15(3)14-11-8-6-9-12-14;1-2/h1-21H;4-13H,1-3H3;1-2H/b;5-4-,10-7-;. The van der Waals surface area contributed by atoms with Gasteiger partial charge in [0.2, 0.25) is 0 Å². The minimum Gasteiger partial charge on any atom is -0.368 e. The third kappa shape index (κ3) is 5.86. The van der Waals surface area contributed by atoms with Gasteiger partial charge in [-0.2, -0.15) is 0 Å². The molecule has 2 heteroatoms. The largest absolute Gasteiger partial charge is 0.368 e. The van der Waals surface area contributed by atoms with E-state index in [1.54, 1.807) is 0 Å². The highest BCUT2D eigenvalue weighted by Gasteiger charge is 2.51. The SMILES string of the molecule is C#C.C/C=C\C=C/C(C)N(C)c1ccccc1.c1ccc(N2c3ccccc3C3(c4ccccc4-c4ccccc43)c3ccccc32)cc1. The summed E-state index contributed by atoms with van der Waals surface area (Å²) in [5, 5.41) is 0. The van der Waals surface area contributed by atoms with Crippen molar-refractivity contribution in [2.24, 2.45) is 0 Å². The van der Waals surface area contributed by atoms with Crippen LogP contribution in [0.1, 0.15) is 36.1 Å². The maximum absolute atomic E-state index is 4.00. The smallest absolute Gasteiger partial charge is 0.0754 e. The zero-order valence-corrected chi connectivity index (χ0v) is 28.4. The molecule has 1 spiro atoms. The second kappa shape index (κ2) is 14.8. The average Bonchev–Trinajstić information content (AvgIpc) is 3.47. The van der Waals surface area contributed by atoms with Crippen LogP contribution in [0.25, 0.3) is 11.1 Å². The van der Waals surface area contributed by atoms with Gasteiger partial charge < -0.3 is 9.80 Å². The number of fused-ring (bicyclic) bond motifs is 9. The van der Waals surface area contributed by atoms with Crippen LogP contribution in [0.15, 0.2) is 182 Å². The molecule has 2 aliphatic rings. The molecule has 1 unspecified atom stereocenters. The van der Waals surface area contributed by atoms with Crippen molar-refractivity contribution in [2.45, 2.75) is 25.3 Å². The Morgan fingerprint density at radius 3 is 1.49 bits per heavy atom. The van der Waals surface area contributed by atoms with Crippen molar-refractivity contribution in [1.82, 2.24) is 0 Å². The molecule has 8 rings (SSSR count). The molecule has 49 heavy (non-hydrogen) atoms. The lowest BCUT2D eigenvalue weighted by atomic mass is 9.64. The molecule has 1 atom stereocenters. The topological polar surface area (TPSA) is 6.48 Å². The molecular formula is C47H42N2. The first kappa shape index (κ1) is 32.9. The summed E-state index contributed by atoms with van der Waals surface area (Å²) in [7, 11) is 2.11. The minimum absolute atomic E-state index is 0.328. The fraction of sp³-hybridized carbons (Fsp3) is 0.106. The molecule has 0 aromatic heterocycles. The first-order valence-electron chi connectivity index (χ1n) is 16.8. The summed E-state index contributed by atoms with van der Waals surface area (Å²) in [4.78, 5) is 4.67. The predicted octanol–water partition coefficient (Wildman–Crippen LogP) is 11.7. The van der Waals surface area contributed by atoms with Crippen molar-refractivity contribution in [3.8, 4) is 24.0 Å². The number of terminal acetylenes is 1. The average molecular weight is 635 g/mol. The molecule has 0 radical (unpaired) electrons. The Bertz CT molecular complexity index is 1990. The molecule has 0 bridgehead atoms. The van der Waals surface area contributed by atoms with E-state index in [1.165, 1.54) is 56.1 Å². The highest BCUT2D eigenvalue weighted by Crippen LogP contribution is 2.63. The monoisotopic (exact) mass is 634 g/mol. The first-order valence-corrected chi connectivity index (χ1v) is 16.8. The molecule has 0 saturated heterocycles. The Morgan fingerprint density at radius 1 is 0.551 bits per heavy atom. The Balaban J connectivity index is 0.000000208. The van der Waals surface area contributed by atoms with Gasteiger partial charge in [-0.05, 0) is 83.6 Å². The summed E-state index contributed by atoms with van der Waals surface area (Å²) in [5.74, 6) is 0. The Morgan fingerprint density at radius 2 is 0.980 bits per heavy atom. The molecule has 6 aromatic rings. The van der Waals surface area contributed by atoms with Crippen molar-refractivity contribution < 1.29 is 0 Å². The molecule has 240 valence electrons. The molecule has 1 aliphatic heterocycles. The zero-order valence-electron chi connectivity index (χ0n) is 28.4. The van der Waals surface area contributed by atoms with Crippen LogP contribution in [0.3, 0.4) is 0 Å². The Labute approximate surface area is 292 Å². The lowest BCUT2D eigenvalue weighted by Crippen LogP contribution is -2.36. The van der Waals surface area contributed by atoms with Gasteiger partial charge in [0, 0.05) is 24.5 Å². The Hall–Kier alpha value is -6.04. The third-order valence-corrected chi connectivity index (χ3v) is 9.53. The van der Waals surface area contributed by atoms with Crippen LogP contribution in [0, 0.1) is 12.8 Å². The van der Waals surface area contributed by atoms with Crippen molar-refractivity contribution in [3.05, 3.63) is 204 Å². The van der Waals surface area contributed by atoms with Gasteiger partial charge in [-0.15, -0.1) is 12.8 Å². The van der Waals surface area contributed by atoms with Gasteiger partial charge in [0.15, 0.2) is 0 Å². The number of nitrogens with zero attached hydrogens (tertiary/aromatic N) is 2. The van der Waals surface area contributed by atoms with Crippen LogP contribution in [0.5, 0.6) is 0 Å². The predicted molar refractivity (Wildman–Crippen MR) is 210 cm³/mol. The van der Waals surface area contributed by atoms with E-state index in [0.29, 0.717) is 6.04 Å². The number of allylic oxidation sites excluding steroid dienone is 3. The van der Waals surface area contributed by atoms with E-state index in [9.17, 15) is 0 Å². The molecular weight excluding hydrogens is 593 g/mol. The normalized spacial score (nSPS) is 13.6. The van der Waals surface area contributed by atoms with Crippen LogP contribution < -0.4 is 9.80 Å². The van der Waals surface area contributed by atoms with Crippen molar-refractivity contribution in [2.75, 3.05) is 16.8 Å². The number of hydrogen-bond donors (Lipinski definition) is 0. The number of hydrogen-bond acceptors (Lipinski definition) is 2. The van der Waals surface area contributed by atoms with E-state index >= 15 is 0 Å². The number of benzene rings is 6. The van der Waals surface area contributed by atoms with E-state index in [0.717, 1.165) is 0 Å². The fourth-order valence-corrected chi connectivity index (χ4v) is 7.28. The van der Waals surface area contributed by atoms with E-state index < -0.39 is 0 Å². The highest BCUT2D eigenvalue weighted by atomic mass is 15.2. The lowest BCUT2D eigenvalue weighted by molar-refractivity contribution is 0.752. The van der Waals surface area contributed by atoms with Crippen LogP contribution in [-0.4, -0.2) is 13.1 Å². The van der Waals surface area contributed by atoms with E-state index in [4.69, 9.17) is 0 Å². The molecule has 6 aromatic carbocycles. The third-order valence-electron chi connectivity index (χ3n) is 9.53. The van der Waals surface area contributed by atoms with Crippen LogP contribution in [-0.2, 0) is 5.41 Å². The molecule has 1 heterocycles. The van der Waals surface area contributed by atoms with Gasteiger partial charge in [0.1, 0.15) is 0 Å². The van der Waals surface area contributed by atoms with E-state index in [2.05, 4.69) is 207 Å². The summed E-state index contributed by atoms with van der Waals surface area (Å²) in [6, 6.07) is 57.2. The molecule has 0 saturated carbocycles. The fourth-order valence-electron chi connectivity index (χ4n) is 7.28. The van der Waals surface area contributed by atoms with E-state index in [1.807, 2.05) is 19.1 Å². The van der Waals surface area contributed by atoms with Gasteiger partial charge in [-0.25, -0.2) is 0 Å². The van der Waals surface area contributed by atoms with Crippen molar-refractivity contribution in [3.63, 3.8) is 0 Å². The second-order valence-corrected chi connectivity index (χ2v) is 12.1. The second-order valence-electron chi connectivity index (χ2n) is 12.1. The minimum atomic E-state index is -0.328.